The summed E-state index contributed by atoms with van der Waals surface area (Å²) in [7, 11) is -3.13. The molecule has 1 heterocycles. The van der Waals surface area contributed by atoms with E-state index in [1.807, 2.05) is 19.1 Å². The summed E-state index contributed by atoms with van der Waals surface area (Å²) in [5.74, 6) is -0.292. The van der Waals surface area contributed by atoms with Crippen molar-refractivity contribution in [1.29, 1.82) is 0 Å². The van der Waals surface area contributed by atoms with E-state index in [4.69, 9.17) is 0 Å². The van der Waals surface area contributed by atoms with Gasteiger partial charge in [0, 0.05) is 11.0 Å². The lowest BCUT2D eigenvalue weighted by Gasteiger charge is -2.11. The normalized spacial score (nSPS) is 21.4. The van der Waals surface area contributed by atoms with Gasteiger partial charge in [-0.25, -0.2) is 8.42 Å². The number of rotatable bonds is 2. The smallest absolute Gasteiger partial charge is 0.252 e. The van der Waals surface area contributed by atoms with Crippen molar-refractivity contribution >= 4 is 15.7 Å². The summed E-state index contributed by atoms with van der Waals surface area (Å²) in [5, 5.41) is 3.84. The highest BCUT2D eigenvalue weighted by molar-refractivity contribution is 7.94. The summed E-state index contributed by atoms with van der Waals surface area (Å²) >= 11 is 0. The van der Waals surface area contributed by atoms with Crippen molar-refractivity contribution < 1.29 is 13.2 Å². The van der Waals surface area contributed by atoms with Gasteiger partial charge >= 0.3 is 0 Å². The molecule has 1 aromatic rings. The lowest BCUT2D eigenvalue weighted by molar-refractivity contribution is 0.0947. The van der Waals surface area contributed by atoms with Crippen LogP contribution in [-0.4, -0.2) is 26.1 Å². The topological polar surface area (TPSA) is 63.2 Å². The van der Waals surface area contributed by atoms with Crippen molar-refractivity contribution in [2.24, 2.45) is 0 Å². The predicted molar refractivity (Wildman–Crippen MR) is 65.4 cm³/mol. The fourth-order valence-corrected chi connectivity index (χ4v) is 2.97. The Bertz CT molecular complexity index is 575. The van der Waals surface area contributed by atoms with E-state index in [1.54, 1.807) is 12.1 Å². The molecule has 1 amide bonds. The van der Waals surface area contributed by atoms with E-state index in [1.165, 1.54) is 6.08 Å². The molecule has 0 saturated heterocycles. The zero-order valence-electron chi connectivity index (χ0n) is 9.38. The molecule has 0 bridgehead atoms. The number of sulfone groups is 1. The van der Waals surface area contributed by atoms with Crippen molar-refractivity contribution in [1.82, 2.24) is 5.32 Å². The minimum atomic E-state index is -3.13. The molecule has 0 spiro atoms. The van der Waals surface area contributed by atoms with E-state index in [-0.39, 0.29) is 11.7 Å². The molecule has 0 unspecified atom stereocenters. The van der Waals surface area contributed by atoms with Crippen molar-refractivity contribution in [3.8, 4) is 0 Å². The summed E-state index contributed by atoms with van der Waals surface area (Å²) in [5.41, 5.74) is 1.44. The number of hydrogen-bond acceptors (Lipinski definition) is 3. The Hall–Kier alpha value is -1.62. The molecule has 1 aromatic carbocycles. The second kappa shape index (κ2) is 4.33. The predicted octanol–water partition coefficient (Wildman–Crippen LogP) is 1.04. The quantitative estimate of drug-likeness (QED) is 0.854. The summed E-state index contributed by atoms with van der Waals surface area (Å²) in [6, 6.07) is 6.77. The third-order valence-electron chi connectivity index (χ3n) is 2.64. The summed E-state index contributed by atoms with van der Waals surface area (Å²) in [6.45, 7) is 1.84. The first-order valence-corrected chi connectivity index (χ1v) is 6.97. The van der Waals surface area contributed by atoms with Crippen LogP contribution in [0, 0.1) is 6.92 Å². The number of carbonyl (C=O) groups excluding carboxylic acids is 1. The number of nitrogens with one attached hydrogen (secondary N) is 1. The van der Waals surface area contributed by atoms with Gasteiger partial charge in [0.2, 0.25) is 0 Å². The molecule has 5 heteroatoms. The standard InChI is InChI=1S/C12H13NO3S/c1-9-4-2-3-5-11(9)12(14)13-10-6-7-17(15,16)8-10/h2-7,10H,8H2,1H3,(H,13,14)/t10-/m0/s1. The van der Waals surface area contributed by atoms with Crippen molar-refractivity contribution in [3.05, 3.63) is 46.9 Å². The van der Waals surface area contributed by atoms with Crippen molar-refractivity contribution in [3.63, 3.8) is 0 Å². The highest BCUT2D eigenvalue weighted by Crippen LogP contribution is 2.11. The zero-order chi connectivity index (χ0) is 12.5. The van der Waals surface area contributed by atoms with Crippen LogP contribution in [0.5, 0.6) is 0 Å². The van der Waals surface area contributed by atoms with Crippen LogP contribution in [-0.2, 0) is 9.84 Å². The molecule has 4 nitrogen and oxygen atoms in total. The van der Waals surface area contributed by atoms with E-state index in [9.17, 15) is 13.2 Å². The van der Waals surface area contributed by atoms with Crippen LogP contribution < -0.4 is 5.32 Å². The fraction of sp³-hybridized carbons (Fsp3) is 0.250. The van der Waals surface area contributed by atoms with Crippen LogP contribution in [0.15, 0.2) is 35.7 Å². The SMILES string of the molecule is Cc1ccccc1C(=O)N[C@H]1C=CS(=O)(=O)C1. The van der Waals surface area contributed by atoms with Crippen LogP contribution in [0.1, 0.15) is 15.9 Å². The van der Waals surface area contributed by atoms with Gasteiger partial charge in [-0.3, -0.25) is 4.79 Å². The van der Waals surface area contributed by atoms with Gasteiger partial charge < -0.3 is 5.32 Å². The van der Waals surface area contributed by atoms with E-state index >= 15 is 0 Å². The second-order valence-corrected chi connectivity index (χ2v) is 5.98. The molecular formula is C12H13NO3S. The highest BCUT2D eigenvalue weighted by Gasteiger charge is 2.23. The maximum absolute atomic E-state index is 11.9. The molecule has 0 fully saturated rings. The lowest BCUT2D eigenvalue weighted by Crippen LogP contribution is -2.35. The van der Waals surface area contributed by atoms with Gasteiger partial charge in [0.25, 0.3) is 5.91 Å². The highest BCUT2D eigenvalue weighted by atomic mass is 32.2. The molecule has 0 aromatic heterocycles. The monoisotopic (exact) mass is 251 g/mol. The first-order chi connectivity index (χ1) is 7.98. The maximum atomic E-state index is 11.9. The Morgan fingerprint density at radius 2 is 2.06 bits per heavy atom. The van der Waals surface area contributed by atoms with Crippen molar-refractivity contribution in [2.45, 2.75) is 13.0 Å². The van der Waals surface area contributed by atoms with Crippen LogP contribution in [0.25, 0.3) is 0 Å². The van der Waals surface area contributed by atoms with E-state index < -0.39 is 15.9 Å². The third-order valence-corrected chi connectivity index (χ3v) is 4.03. The number of benzene rings is 1. The average molecular weight is 251 g/mol. The zero-order valence-corrected chi connectivity index (χ0v) is 10.2. The van der Waals surface area contributed by atoms with Crippen LogP contribution >= 0.6 is 0 Å². The minimum absolute atomic E-state index is 0.0510. The number of aryl methyl sites for hydroxylation is 1. The van der Waals surface area contributed by atoms with Gasteiger partial charge in [-0.15, -0.1) is 0 Å². The van der Waals surface area contributed by atoms with E-state index in [2.05, 4.69) is 5.32 Å². The second-order valence-electron chi connectivity index (χ2n) is 4.05. The third kappa shape index (κ3) is 2.74. The Balaban J connectivity index is 2.09. The molecular weight excluding hydrogens is 238 g/mol. The van der Waals surface area contributed by atoms with Crippen molar-refractivity contribution in [2.75, 3.05) is 5.75 Å². The Morgan fingerprint density at radius 3 is 2.65 bits per heavy atom. The number of amides is 1. The summed E-state index contributed by atoms with van der Waals surface area (Å²) in [4.78, 5) is 11.9. The van der Waals surface area contributed by atoms with Crippen LogP contribution in [0.2, 0.25) is 0 Å². The van der Waals surface area contributed by atoms with E-state index in [0.717, 1.165) is 11.0 Å². The number of carbonyl (C=O) groups is 1. The van der Waals surface area contributed by atoms with Gasteiger partial charge in [0.15, 0.2) is 9.84 Å². The minimum Gasteiger partial charge on any atom is -0.345 e. The van der Waals surface area contributed by atoms with Gasteiger partial charge in [-0.05, 0) is 24.6 Å². The largest absolute Gasteiger partial charge is 0.345 e. The first kappa shape index (κ1) is 11.9. The summed E-state index contributed by atoms with van der Waals surface area (Å²) in [6.07, 6.45) is 1.51. The molecule has 0 saturated carbocycles. The lowest BCUT2D eigenvalue weighted by atomic mass is 10.1. The molecule has 90 valence electrons. The molecule has 1 aliphatic heterocycles. The van der Waals surface area contributed by atoms with Crippen LogP contribution in [0.3, 0.4) is 0 Å². The molecule has 1 aliphatic rings. The summed E-state index contributed by atoms with van der Waals surface area (Å²) < 4.78 is 22.4. The van der Waals surface area contributed by atoms with Crippen LogP contribution in [0.4, 0.5) is 0 Å². The Morgan fingerprint density at radius 1 is 1.35 bits per heavy atom. The van der Waals surface area contributed by atoms with E-state index in [0.29, 0.717) is 5.56 Å². The van der Waals surface area contributed by atoms with Gasteiger partial charge in [0.1, 0.15) is 0 Å². The fourth-order valence-electron chi connectivity index (χ4n) is 1.74. The Kier molecular flexibility index (Phi) is 3.02. The maximum Gasteiger partial charge on any atom is 0.252 e. The molecule has 17 heavy (non-hydrogen) atoms. The molecule has 1 atom stereocenters. The van der Waals surface area contributed by atoms with Gasteiger partial charge in [-0.1, -0.05) is 18.2 Å². The first-order valence-electron chi connectivity index (χ1n) is 5.25. The molecule has 2 rings (SSSR count). The molecule has 0 radical (unpaired) electrons. The Labute approximate surface area is 100 Å². The number of hydrogen-bond donors (Lipinski definition) is 1. The van der Waals surface area contributed by atoms with Gasteiger partial charge in [-0.2, -0.15) is 0 Å². The molecule has 1 N–H and O–H groups in total. The molecule has 0 aliphatic carbocycles. The van der Waals surface area contributed by atoms with Gasteiger partial charge in [0.05, 0.1) is 11.8 Å². The average Bonchev–Trinajstić information content (AvgIpc) is 2.58.